The number of nitrogens with zero attached hydrogens (tertiary/aromatic N) is 1. The Morgan fingerprint density at radius 2 is 1.76 bits per heavy atom. The summed E-state index contributed by atoms with van der Waals surface area (Å²) in [5.41, 5.74) is 0.257. The van der Waals surface area contributed by atoms with Crippen LogP contribution in [0.5, 0.6) is 0 Å². The van der Waals surface area contributed by atoms with Crippen LogP contribution >= 0.6 is 0 Å². The highest BCUT2D eigenvalue weighted by atomic mass is 32.2. The largest absolute Gasteiger partial charge is 0.478 e. The number of hydrogen-bond acceptors (Lipinski definition) is 3. The number of carbonyl (C=O) groups is 1. The number of benzene rings is 2. The van der Waals surface area contributed by atoms with Gasteiger partial charge in [0.25, 0.3) is 0 Å². The molecule has 2 aromatic rings. The number of rotatable bonds is 6. The summed E-state index contributed by atoms with van der Waals surface area (Å²) in [4.78, 5) is 10.3. The lowest BCUT2D eigenvalue weighted by Crippen LogP contribution is -2.33. The molecule has 0 aromatic heterocycles. The standard InChI is InChI=1S/C17H15F2NO4S/c18-13-4-1-11(2-5-13)10-20(14-6-7-14)25(23,24)16-8-3-12(17(21)22)9-15(16)19/h1-5,8-9,14H,6-7,10H2,(H,21,22). The highest BCUT2D eigenvalue weighted by molar-refractivity contribution is 7.89. The van der Waals surface area contributed by atoms with Crippen molar-refractivity contribution < 1.29 is 27.1 Å². The van der Waals surface area contributed by atoms with Gasteiger partial charge in [-0.05, 0) is 48.7 Å². The predicted molar refractivity (Wildman–Crippen MR) is 85.5 cm³/mol. The van der Waals surface area contributed by atoms with E-state index in [-0.39, 0.29) is 18.2 Å². The predicted octanol–water partition coefficient (Wildman–Crippen LogP) is 3.02. The summed E-state index contributed by atoms with van der Waals surface area (Å²) in [6.07, 6.45) is 1.32. The van der Waals surface area contributed by atoms with Gasteiger partial charge in [0.2, 0.25) is 10.0 Å². The minimum atomic E-state index is -4.15. The summed E-state index contributed by atoms with van der Waals surface area (Å²) >= 11 is 0. The first-order valence-corrected chi connectivity index (χ1v) is 9.02. The Morgan fingerprint density at radius 1 is 1.12 bits per heavy atom. The quantitative estimate of drug-likeness (QED) is 0.852. The number of halogens is 2. The van der Waals surface area contributed by atoms with E-state index < -0.39 is 32.5 Å². The van der Waals surface area contributed by atoms with Crippen LogP contribution in [0.25, 0.3) is 0 Å². The first kappa shape index (κ1) is 17.5. The molecule has 0 atom stereocenters. The average molecular weight is 367 g/mol. The Balaban J connectivity index is 1.95. The highest BCUT2D eigenvalue weighted by Gasteiger charge is 2.39. The monoisotopic (exact) mass is 367 g/mol. The van der Waals surface area contributed by atoms with E-state index in [0.29, 0.717) is 24.5 Å². The van der Waals surface area contributed by atoms with E-state index in [1.54, 1.807) is 0 Å². The molecule has 0 radical (unpaired) electrons. The molecule has 0 aliphatic heterocycles. The van der Waals surface area contributed by atoms with Gasteiger partial charge < -0.3 is 5.11 Å². The summed E-state index contributed by atoms with van der Waals surface area (Å²) in [6.45, 7) is -0.00655. The van der Waals surface area contributed by atoms with Crippen LogP contribution in [0.15, 0.2) is 47.4 Å². The molecule has 2 aromatic carbocycles. The molecule has 1 aliphatic rings. The Morgan fingerprint density at radius 3 is 2.28 bits per heavy atom. The van der Waals surface area contributed by atoms with Gasteiger partial charge in [0, 0.05) is 12.6 Å². The van der Waals surface area contributed by atoms with E-state index in [9.17, 15) is 22.0 Å². The van der Waals surface area contributed by atoms with Gasteiger partial charge in [-0.25, -0.2) is 22.0 Å². The van der Waals surface area contributed by atoms with Gasteiger partial charge in [-0.3, -0.25) is 0 Å². The van der Waals surface area contributed by atoms with E-state index >= 15 is 0 Å². The van der Waals surface area contributed by atoms with Crippen LogP contribution in [0, 0.1) is 11.6 Å². The third kappa shape index (κ3) is 3.69. The second-order valence-electron chi connectivity index (χ2n) is 5.86. The second-order valence-corrected chi connectivity index (χ2v) is 7.72. The SMILES string of the molecule is O=C(O)c1ccc(S(=O)(=O)N(Cc2ccc(F)cc2)C2CC2)c(F)c1. The Kier molecular flexibility index (Phi) is 4.57. The molecule has 1 fully saturated rings. The summed E-state index contributed by atoms with van der Waals surface area (Å²) in [5.74, 6) is -2.88. The van der Waals surface area contributed by atoms with Crippen molar-refractivity contribution >= 4 is 16.0 Å². The normalized spacial score (nSPS) is 14.7. The van der Waals surface area contributed by atoms with Crippen molar-refractivity contribution in [3.63, 3.8) is 0 Å². The molecule has 132 valence electrons. The zero-order valence-corrected chi connectivity index (χ0v) is 13.8. The van der Waals surface area contributed by atoms with E-state index in [4.69, 9.17) is 5.11 Å². The first-order chi connectivity index (χ1) is 11.8. The minimum Gasteiger partial charge on any atom is -0.478 e. The number of carboxylic acid groups (broad SMARTS) is 1. The first-order valence-electron chi connectivity index (χ1n) is 7.58. The van der Waals surface area contributed by atoms with Crippen molar-refractivity contribution in [2.24, 2.45) is 0 Å². The van der Waals surface area contributed by atoms with Crippen LogP contribution in [0.2, 0.25) is 0 Å². The lowest BCUT2D eigenvalue weighted by atomic mass is 10.2. The van der Waals surface area contributed by atoms with Crippen molar-refractivity contribution in [1.82, 2.24) is 4.31 Å². The third-order valence-corrected chi connectivity index (χ3v) is 5.90. The number of sulfonamides is 1. The molecule has 0 bridgehead atoms. The van der Waals surface area contributed by atoms with Crippen LogP contribution in [-0.4, -0.2) is 29.8 Å². The molecular formula is C17H15F2NO4S. The molecule has 1 N–H and O–H groups in total. The van der Waals surface area contributed by atoms with E-state index in [1.807, 2.05) is 0 Å². The van der Waals surface area contributed by atoms with Crippen LogP contribution < -0.4 is 0 Å². The molecule has 8 heteroatoms. The maximum atomic E-state index is 14.2. The zero-order chi connectivity index (χ0) is 18.2. The molecule has 0 heterocycles. The second kappa shape index (κ2) is 6.53. The van der Waals surface area contributed by atoms with Crippen molar-refractivity contribution in [3.05, 3.63) is 65.2 Å². The van der Waals surface area contributed by atoms with E-state index in [2.05, 4.69) is 0 Å². The highest BCUT2D eigenvalue weighted by Crippen LogP contribution is 2.34. The summed E-state index contributed by atoms with van der Waals surface area (Å²) < 4.78 is 54.1. The molecule has 0 unspecified atom stereocenters. The van der Waals surface area contributed by atoms with Gasteiger partial charge in [0.05, 0.1) is 5.56 Å². The molecule has 25 heavy (non-hydrogen) atoms. The van der Waals surface area contributed by atoms with E-state index in [0.717, 1.165) is 12.1 Å². The van der Waals surface area contributed by atoms with Gasteiger partial charge >= 0.3 is 5.97 Å². The molecule has 5 nitrogen and oxygen atoms in total. The third-order valence-electron chi connectivity index (χ3n) is 3.97. The maximum absolute atomic E-state index is 14.2. The molecule has 3 rings (SSSR count). The lowest BCUT2D eigenvalue weighted by molar-refractivity contribution is 0.0696. The van der Waals surface area contributed by atoms with Gasteiger partial charge in [-0.2, -0.15) is 4.31 Å². The fourth-order valence-electron chi connectivity index (χ4n) is 2.51. The van der Waals surface area contributed by atoms with Crippen molar-refractivity contribution in [2.75, 3.05) is 0 Å². The van der Waals surface area contributed by atoms with Crippen LogP contribution in [-0.2, 0) is 16.6 Å². The molecule has 0 spiro atoms. The topological polar surface area (TPSA) is 74.7 Å². The van der Waals surface area contributed by atoms with Crippen LogP contribution in [0.1, 0.15) is 28.8 Å². The van der Waals surface area contributed by atoms with Crippen LogP contribution in [0.3, 0.4) is 0 Å². The number of hydrogen-bond donors (Lipinski definition) is 1. The molecule has 1 saturated carbocycles. The fraction of sp³-hybridized carbons (Fsp3) is 0.235. The van der Waals surface area contributed by atoms with Crippen LogP contribution in [0.4, 0.5) is 8.78 Å². The zero-order valence-electron chi connectivity index (χ0n) is 13.0. The molecular weight excluding hydrogens is 352 g/mol. The Hall–Kier alpha value is -2.32. The van der Waals surface area contributed by atoms with Crippen molar-refractivity contribution in [2.45, 2.75) is 30.3 Å². The molecule has 0 amide bonds. The van der Waals surface area contributed by atoms with Gasteiger partial charge in [-0.1, -0.05) is 12.1 Å². The van der Waals surface area contributed by atoms with Gasteiger partial charge in [0.15, 0.2) is 0 Å². The maximum Gasteiger partial charge on any atom is 0.335 e. The van der Waals surface area contributed by atoms with Gasteiger partial charge in [-0.15, -0.1) is 0 Å². The van der Waals surface area contributed by atoms with Crippen molar-refractivity contribution in [1.29, 1.82) is 0 Å². The Labute approximate surface area is 143 Å². The summed E-state index contributed by atoms with van der Waals surface area (Å²) in [5, 5.41) is 8.87. The molecule has 0 saturated heterocycles. The van der Waals surface area contributed by atoms with E-state index in [1.165, 1.54) is 28.6 Å². The minimum absolute atomic E-state index is 0.00655. The van der Waals surface area contributed by atoms with Gasteiger partial charge in [0.1, 0.15) is 16.5 Å². The summed E-state index contributed by atoms with van der Waals surface area (Å²) in [6, 6.07) is 7.89. The lowest BCUT2D eigenvalue weighted by Gasteiger charge is -2.22. The molecule has 1 aliphatic carbocycles. The number of aromatic carboxylic acids is 1. The smallest absolute Gasteiger partial charge is 0.335 e. The Bertz CT molecular complexity index is 909. The fourth-order valence-corrected chi connectivity index (χ4v) is 4.23. The summed E-state index contributed by atoms with van der Waals surface area (Å²) in [7, 11) is -4.15. The number of carboxylic acids is 1. The average Bonchev–Trinajstić information content (AvgIpc) is 3.38. The van der Waals surface area contributed by atoms with Crippen molar-refractivity contribution in [3.8, 4) is 0 Å².